The Kier molecular flexibility index (Phi) is 3.68. The summed E-state index contributed by atoms with van der Waals surface area (Å²) in [6.45, 7) is -2.37. The molecule has 1 fully saturated rings. The van der Waals surface area contributed by atoms with E-state index in [-0.39, 0.29) is 5.82 Å². The maximum atomic E-state index is 13.1. The summed E-state index contributed by atoms with van der Waals surface area (Å²) < 4.78 is 18.8. The summed E-state index contributed by atoms with van der Waals surface area (Å²) in [6.07, 6.45) is -2.87. The molecule has 1 aliphatic heterocycles. The van der Waals surface area contributed by atoms with Gasteiger partial charge in [0, 0.05) is 6.20 Å². The SMILES string of the molecule is N#C[C@@]1(n2ccc(N)nc2=O)O[C@@](CO)(CF)[C@@H](O)[C@H]1O. The van der Waals surface area contributed by atoms with E-state index in [0.29, 0.717) is 4.57 Å². The molecule has 1 saturated heterocycles. The number of aromatic nitrogens is 2. The van der Waals surface area contributed by atoms with Crippen molar-refractivity contribution < 1.29 is 24.4 Å². The minimum Gasteiger partial charge on any atom is -0.393 e. The van der Waals surface area contributed by atoms with E-state index in [4.69, 9.17) is 10.5 Å². The fraction of sp³-hybridized carbons (Fsp3) is 0.545. The number of rotatable bonds is 3. The van der Waals surface area contributed by atoms with Gasteiger partial charge in [0.05, 0.1) is 6.61 Å². The summed E-state index contributed by atoms with van der Waals surface area (Å²) in [5, 5.41) is 38.5. The number of nitriles is 1. The van der Waals surface area contributed by atoms with Crippen molar-refractivity contribution in [3.63, 3.8) is 0 Å². The van der Waals surface area contributed by atoms with Crippen LogP contribution >= 0.6 is 0 Å². The number of halogens is 1. The lowest BCUT2D eigenvalue weighted by atomic mass is 9.95. The molecule has 2 heterocycles. The highest BCUT2D eigenvalue weighted by atomic mass is 19.1. The first-order valence-corrected chi connectivity index (χ1v) is 5.87. The molecule has 0 aliphatic carbocycles. The molecule has 0 radical (unpaired) electrons. The first-order valence-electron chi connectivity index (χ1n) is 5.87. The van der Waals surface area contributed by atoms with Gasteiger partial charge in [-0.15, -0.1) is 0 Å². The number of nitrogens with zero attached hydrogens (tertiary/aromatic N) is 3. The summed E-state index contributed by atoms with van der Waals surface area (Å²) >= 11 is 0. The standard InChI is InChI=1S/C11H13FN4O5/c12-3-10(5-17)7(18)8(19)11(4-13,21-10)16-2-1-6(14)15-9(16)20/h1-2,7-8,17-19H,3,5H2,(H2,14,15,20)/t7-,8+,10+,11+/m0/s1. The molecule has 1 aromatic heterocycles. The topological polar surface area (TPSA) is 155 Å². The van der Waals surface area contributed by atoms with Crippen molar-refractivity contribution in [2.75, 3.05) is 19.0 Å². The van der Waals surface area contributed by atoms with Crippen LogP contribution in [0.4, 0.5) is 10.2 Å². The third-order valence-corrected chi connectivity index (χ3v) is 3.43. The molecule has 0 bridgehead atoms. The molecule has 10 heteroatoms. The Morgan fingerprint density at radius 2 is 2.24 bits per heavy atom. The lowest BCUT2D eigenvalue weighted by Gasteiger charge is -2.29. The number of ether oxygens (including phenoxy) is 1. The highest BCUT2D eigenvalue weighted by molar-refractivity contribution is 5.25. The maximum Gasteiger partial charge on any atom is 0.352 e. The molecule has 0 amide bonds. The molecule has 1 aliphatic rings. The molecule has 0 saturated carbocycles. The fourth-order valence-corrected chi connectivity index (χ4v) is 2.21. The summed E-state index contributed by atoms with van der Waals surface area (Å²) in [5.74, 6) is -0.128. The molecule has 4 atom stereocenters. The van der Waals surface area contributed by atoms with Crippen molar-refractivity contribution in [2.45, 2.75) is 23.5 Å². The Hall–Kier alpha value is -2.06. The van der Waals surface area contributed by atoms with E-state index in [9.17, 15) is 29.8 Å². The van der Waals surface area contributed by atoms with Crippen molar-refractivity contribution in [3.05, 3.63) is 22.7 Å². The average molecular weight is 300 g/mol. The molecule has 114 valence electrons. The number of aliphatic hydroxyl groups is 3. The number of aliphatic hydroxyl groups excluding tert-OH is 3. The first kappa shape index (κ1) is 15.3. The number of nitrogen functional groups attached to an aromatic ring is 1. The molecule has 0 unspecified atom stereocenters. The normalized spacial score (nSPS) is 35.6. The molecular weight excluding hydrogens is 287 g/mol. The molecule has 9 nitrogen and oxygen atoms in total. The van der Waals surface area contributed by atoms with Crippen LogP contribution in [0.1, 0.15) is 0 Å². The van der Waals surface area contributed by atoms with E-state index < -0.39 is 42.5 Å². The number of anilines is 1. The van der Waals surface area contributed by atoms with Crippen LogP contribution in [0.25, 0.3) is 0 Å². The number of hydrogen-bond acceptors (Lipinski definition) is 8. The molecule has 21 heavy (non-hydrogen) atoms. The Morgan fingerprint density at radius 1 is 1.57 bits per heavy atom. The van der Waals surface area contributed by atoms with Crippen molar-refractivity contribution in [1.82, 2.24) is 9.55 Å². The van der Waals surface area contributed by atoms with Gasteiger partial charge in [-0.25, -0.2) is 9.18 Å². The predicted octanol–water partition coefficient (Wildman–Crippen LogP) is -2.55. The van der Waals surface area contributed by atoms with Gasteiger partial charge in [-0.2, -0.15) is 10.2 Å². The van der Waals surface area contributed by atoms with Gasteiger partial charge >= 0.3 is 5.69 Å². The lowest BCUT2D eigenvalue weighted by Crippen LogP contribution is -2.49. The smallest absolute Gasteiger partial charge is 0.352 e. The Morgan fingerprint density at radius 3 is 2.67 bits per heavy atom. The molecule has 1 aromatic rings. The van der Waals surface area contributed by atoms with Crippen LogP contribution in [0.3, 0.4) is 0 Å². The van der Waals surface area contributed by atoms with Gasteiger partial charge in [-0.05, 0) is 6.07 Å². The van der Waals surface area contributed by atoms with Gasteiger partial charge < -0.3 is 25.8 Å². The predicted molar refractivity (Wildman–Crippen MR) is 65.4 cm³/mol. The second kappa shape index (κ2) is 5.05. The first-order chi connectivity index (χ1) is 9.86. The van der Waals surface area contributed by atoms with Gasteiger partial charge in [0.1, 0.15) is 30.8 Å². The van der Waals surface area contributed by atoms with Crippen LogP contribution in [0.15, 0.2) is 17.1 Å². The van der Waals surface area contributed by atoms with Crippen LogP contribution in [-0.4, -0.2) is 56.0 Å². The zero-order valence-corrected chi connectivity index (χ0v) is 10.7. The number of alkyl halides is 1. The lowest BCUT2D eigenvalue weighted by molar-refractivity contribution is -0.168. The van der Waals surface area contributed by atoms with Gasteiger partial charge in [-0.3, -0.25) is 4.57 Å². The van der Waals surface area contributed by atoms with Crippen molar-refractivity contribution in [3.8, 4) is 6.07 Å². The Labute approximate surface area is 117 Å². The molecule has 0 aromatic carbocycles. The van der Waals surface area contributed by atoms with Gasteiger partial charge in [0.15, 0.2) is 5.60 Å². The Bertz CT molecular complexity index is 640. The maximum absolute atomic E-state index is 13.1. The van der Waals surface area contributed by atoms with E-state index in [0.717, 1.165) is 12.3 Å². The van der Waals surface area contributed by atoms with Crippen LogP contribution in [0, 0.1) is 11.3 Å². The zero-order valence-electron chi connectivity index (χ0n) is 10.7. The van der Waals surface area contributed by atoms with Gasteiger partial charge in [0.2, 0.25) is 0 Å². The van der Waals surface area contributed by atoms with Crippen molar-refractivity contribution in [2.24, 2.45) is 0 Å². The highest BCUT2D eigenvalue weighted by Crippen LogP contribution is 2.41. The largest absolute Gasteiger partial charge is 0.393 e. The van der Waals surface area contributed by atoms with Gasteiger partial charge in [-0.1, -0.05) is 0 Å². The second-order valence-electron chi connectivity index (χ2n) is 4.66. The molecular formula is C11H13FN4O5. The molecule has 2 rings (SSSR count). The number of nitrogens with two attached hydrogens (primary N) is 1. The molecule has 5 N–H and O–H groups in total. The summed E-state index contributed by atoms with van der Waals surface area (Å²) in [5.41, 5.74) is -0.351. The van der Waals surface area contributed by atoms with Gasteiger partial charge in [0.25, 0.3) is 5.72 Å². The van der Waals surface area contributed by atoms with E-state index in [1.165, 1.54) is 6.07 Å². The summed E-state index contributed by atoms with van der Waals surface area (Å²) in [7, 11) is 0. The summed E-state index contributed by atoms with van der Waals surface area (Å²) in [6, 6.07) is 2.69. The van der Waals surface area contributed by atoms with Crippen LogP contribution in [-0.2, 0) is 10.5 Å². The summed E-state index contributed by atoms with van der Waals surface area (Å²) in [4.78, 5) is 15.2. The van der Waals surface area contributed by atoms with E-state index in [1.807, 2.05) is 0 Å². The number of hydrogen-bond donors (Lipinski definition) is 4. The van der Waals surface area contributed by atoms with E-state index in [2.05, 4.69) is 4.98 Å². The van der Waals surface area contributed by atoms with E-state index in [1.54, 1.807) is 0 Å². The minimum absolute atomic E-state index is 0.128. The quantitative estimate of drug-likeness (QED) is 0.475. The van der Waals surface area contributed by atoms with Crippen molar-refractivity contribution >= 4 is 5.82 Å². The van der Waals surface area contributed by atoms with Crippen LogP contribution in [0.2, 0.25) is 0 Å². The zero-order chi connectivity index (χ0) is 15.8. The van der Waals surface area contributed by atoms with Crippen LogP contribution < -0.4 is 11.4 Å². The van der Waals surface area contributed by atoms with E-state index >= 15 is 0 Å². The minimum atomic E-state index is -2.42. The Balaban J connectivity index is 2.63. The third-order valence-electron chi connectivity index (χ3n) is 3.43. The fourth-order valence-electron chi connectivity index (χ4n) is 2.21. The highest BCUT2D eigenvalue weighted by Gasteiger charge is 2.64. The monoisotopic (exact) mass is 300 g/mol. The third kappa shape index (κ3) is 1.98. The molecule has 0 spiro atoms. The van der Waals surface area contributed by atoms with Crippen LogP contribution in [0.5, 0.6) is 0 Å². The second-order valence-corrected chi connectivity index (χ2v) is 4.66. The van der Waals surface area contributed by atoms with Crippen molar-refractivity contribution in [1.29, 1.82) is 5.26 Å². The average Bonchev–Trinajstić information content (AvgIpc) is 2.70.